The molecule has 1 aliphatic carbocycles. The lowest BCUT2D eigenvalue weighted by molar-refractivity contribution is 0.0927. The summed E-state index contributed by atoms with van der Waals surface area (Å²) in [6.45, 7) is 0. The van der Waals surface area contributed by atoms with Crippen LogP contribution in [0, 0.1) is 0 Å². The quantitative estimate of drug-likeness (QED) is 0.464. The highest BCUT2D eigenvalue weighted by Gasteiger charge is 2.24. The summed E-state index contributed by atoms with van der Waals surface area (Å²) >= 11 is 0. The molecule has 0 bridgehead atoms. The molecule has 0 saturated heterocycles. The molecule has 1 N–H and O–H groups in total. The number of amides is 1. The summed E-state index contributed by atoms with van der Waals surface area (Å²) in [6.07, 6.45) is 5.82. The largest absolute Gasteiger partial charge is 0.463 e. The lowest BCUT2D eigenvalue weighted by Gasteiger charge is -2.29. The van der Waals surface area contributed by atoms with Gasteiger partial charge in [-0.1, -0.05) is 48.5 Å². The Bertz CT molecular complexity index is 1140. The fourth-order valence-electron chi connectivity index (χ4n) is 4.47. The molecule has 0 aliphatic heterocycles. The normalized spacial score (nSPS) is 18.9. The van der Waals surface area contributed by atoms with Gasteiger partial charge in [-0.25, -0.2) is 4.98 Å². The molecule has 2 aromatic heterocycles. The van der Waals surface area contributed by atoms with Gasteiger partial charge in [0.15, 0.2) is 5.76 Å². The number of hydrogen-bond acceptors (Lipinski definition) is 3. The van der Waals surface area contributed by atoms with Gasteiger partial charge in [-0.3, -0.25) is 4.79 Å². The van der Waals surface area contributed by atoms with Crippen molar-refractivity contribution in [1.29, 1.82) is 0 Å². The van der Waals surface area contributed by atoms with E-state index in [2.05, 4.69) is 40.6 Å². The maximum absolute atomic E-state index is 13.2. The Kier molecular flexibility index (Phi) is 5.06. The topological polar surface area (TPSA) is 55.1 Å². The van der Waals surface area contributed by atoms with Crippen LogP contribution >= 0.6 is 0 Å². The summed E-state index contributed by atoms with van der Waals surface area (Å²) in [5.41, 5.74) is 3.53. The Morgan fingerprint density at radius 2 is 1.67 bits per heavy atom. The first-order valence-corrected chi connectivity index (χ1v) is 10.6. The first kappa shape index (κ1) is 18.6. The molecule has 4 aromatic rings. The third-order valence-electron chi connectivity index (χ3n) is 6.07. The molecule has 30 heavy (non-hydrogen) atoms. The van der Waals surface area contributed by atoms with Crippen LogP contribution in [-0.2, 0) is 0 Å². The van der Waals surface area contributed by atoms with Crippen LogP contribution in [0.15, 0.2) is 83.5 Å². The van der Waals surface area contributed by atoms with Gasteiger partial charge in [0.05, 0.1) is 17.3 Å². The van der Waals surface area contributed by atoms with E-state index in [1.165, 1.54) is 5.56 Å². The highest BCUT2D eigenvalue weighted by molar-refractivity contribution is 6.07. The lowest BCUT2D eigenvalue weighted by atomic mass is 9.81. The number of furan rings is 1. The molecule has 5 rings (SSSR count). The van der Waals surface area contributed by atoms with Crippen LogP contribution in [0.1, 0.15) is 47.5 Å². The Morgan fingerprint density at radius 3 is 2.43 bits per heavy atom. The summed E-state index contributed by atoms with van der Waals surface area (Å²) in [6, 6.07) is 24.2. The third kappa shape index (κ3) is 3.73. The van der Waals surface area contributed by atoms with Gasteiger partial charge in [-0.05, 0) is 61.4 Å². The zero-order valence-electron chi connectivity index (χ0n) is 16.8. The van der Waals surface area contributed by atoms with Gasteiger partial charge in [-0.15, -0.1) is 0 Å². The van der Waals surface area contributed by atoms with Crippen LogP contribution in [0.2, 0.25) is 0 Å². The second kappa shape index (κ2) is 8.15. The van der Waals surface area contributed by atoms with Gasteiger partial charge in [0.1, 0.15) is 5.69 Å². The van der Waals surface area contributed by atoms with E-state index in [4.69, 9.17) is 4.42 Å². The van der Waals surface area contributed by atoms with Crippen molar-refractivity contribution in [3.8, 4) is 11.5 Å². The number of rotatable bonds is 4. The number of fused-ring (bicyclic) bond motifs is 1. The Morgan fingerprint density at radius 1 is 0.900 bits per heavy atom. The molecule has 150 valence electrons. The van der Waals surface area contributed by atoms with Crippen LogP contribution < -0.4 is 5.32 Å². The zero-order valence-corrected chi connectivity index (χ0v) is 16.8. The summed E-state index contributed by atoms with van der Waals surface area (Å²) in [5.74, 6) is 1.22. The van der Waals surface area contributed by atoms with Crippen molar-refractivity contribution >= 4 is 16.8 Å². The molecular formula is C26H24N2O2. The van der Waals surface area contributed by atoms with Crippen molar-refractivity contribution < 1.29 is 9.21 Å². The summed E-state index contributed by atoms with van der Waals surface area (Å²) < 4.78 is 5.51. The molecule has 4 nitrogen and oxygen atoms in total. The average molecular weight is 396 g/mol. The van der Waals surface area contributed by atoms with E-state index in [1.807, 2.05) is 42.5 Å². The highest BCUT2D eigenvalue weighted by atomic mass is 16.3. The molecule has 4 heteroatoms. The van der Waals surface area contributed by atoms with Crippen molar-refractivity contribution in [3.05, 3.63) is 90.2 Å². The van der Waals surface area contributed by atoms with Crippen LogP contribution in [0.3, 0.4) is 0 Å². The number of nitrogens with one attached hydrogen (secondary N) is 1. The minimum Gasteiger partial charge on any atom is -0.463 e. The lowest BCUT2D eigenvalue weighted by Crippen LogP contribution is -2.37. The maximum Gasteiger partial charge on any atom is 0.252 e. The van der Waals surface area contributed by atoms with Gasteiger partial charge in [0, 0.05) is 11.4 Å². The first-order chi connectivity index (χ1) is 14.8. The standard InChI is InChI=1S/C26H24N2O2/c29-26(27-20-14-12-19(13-15-20)18-7-2-1-3-8-18)22-17-24(25-11-6-16-30-25)28-23-10-5-4-9-21(22)23/h1-11,16-17,19-20H,12-15H2,(H,27,29). The van der Waals surface area contributed by atoms with E-state index >= 15 is 0 Å². The number of aromatic nitrogens is 1. The summed E-state index contributed by atoms with van der Waals surface area (Å²) in [7, 11) is 0. The fraction of sp³-hybridized carbons (Fsp3) is 0.231. The molecular weight excluding hydrogens is 372 g/mol. The zero-order chi connectivity index (χ0) is 20.3. The van der Waals surface area contributed by atoms with Crippen molar-refractivity contribution in [2.24, 2.45) is 0 Å². The Labute approximate surface area is 176 Å². The van der Waals surface area contributed by atoms with Crippen molar-refractivity contribution in [1.82, 2.24) is 10.3 Å². The van der Waals surface area contributed by atoms with E-state index in [-0.39, 0.29) is 11.9 Å². The van der Waals surface area contributed by atoms with Gasteiger partial charge in [0.2, 0.25) is 0 Å². The maximum atomic E-state index is 13.2. The average Bonchev–Trinajstić information content (AvgIpc) is 3.34. The molecule has 0 unspecified atom stereocenters. The fourth-order valence-corrected chi connectivity index (χ4v) is 4.47. The molecule has 0 spiro atoms. The van der Waals surface area contributed by atoms with E-state index in [0.717, 1.165) is 36.6 Å². The number of benzene rings is 2. The number of hydrogen-bond donors (Lipinski definition) is 1. The van der Waals surface area contributed by atoms with Crippen LogP contribution in [-0.4, -0.2) is 16.9 Å². The van der Waals surface area contributed by atoms with Crippen LogP contribution in [0.4, 0.5) is 0 Å². The number of carbonyl (C=O) groups excluding carboxylic acids is 1. The van der Waals surface area contributed by atoms with Crippen LogP contribution in [0.5, 0.6) is 0 Å². The Balaban J connectivity index is 1.35. The number of nitrogens with zero attached hydrogens (tertiary/aromatic N) is 1. The smallest absolute Gasteiger partial charge is 0.252 e. The second-order valence-electron chi connectivity index (χ2n) is 7.98. The molecule has 1 aliphatic rings. The van der Waals surface area contributed by atoms with E-state index in [9.17, 15) is 4.79 Å². The molecule has 0 radical (unpaired) electrons. The van der Waals surface area contributed by atoms with Gasteiger partial charge < -0.3 is 9.73 Å². The van der Waals surface area contributed by atoms with Crippen LogP contribution in [0.25, 0.3) is 22.4 Å². The van der Waals surface area contributed by atoms with Crippen molar-refractivity contribution in [2.45, 2.75) is 37.6 Å². The Hall–Kier alpha value is -3.40. The summed E-state index contributed by atoms with van der Waals surface area (Å²) in [4.78, 5) is 17.9. The van der Waals surface area contributed by atoms with Gasteiger partial charge >= 0.3 is 0 Å². The predicted octanol–water partition coefficient (Wildman–Crippen LogP) is 5.95. The molecule has 1 saturated carbocycles. The van der Waals surface area contributed by atoms with Gasteiger partial charge in [0.25, 0.3) is 5.91 Å². The molecule has 0 atom stereocenters. The third-order valence-corrected chi connectivity index (χ3v) is 6.07. The summed E-state index contributed by atoms with van der Waals surface area (Å²) in [5, 5.41) is 4.14. The van der Waals surface area contributed by atoms with E-state index in [1.54, 1.807) is 6.26 Å². The molecule has 2 aromatic carbocycles. The molecule has 1 amide bonds. The number of carbonyl (C=O) groups is 1. The minimum absolute atomic E-state index is 0.0374. The number of para-hydroxylation sites is 1. The second-order valence-corrected chi connectivity index (χ2v) is 7.98. The molecule has 2 heterocycles. The van der Waals surface area contributed by atoms with E-state index < -0.39 is 0 Å². The van der Waals surface area contributed by atoms with Crippen molar-refractivity contribution in [3.63, 3.8) is 0 Å². The predicted molar refractivity (Wildman–Crippen MR) is 118 cm³/mol. The number of pyridine rings is 1. The van der Waals surface area contributed by atoms with Gasteiger partial charge in [-0.2, -0.15) is 0 Å². The molecule has 1 fully saturated rings. The van der Waals surface area contributed by atoms with Crippen molar-refractivity contribution in [2.75, 3.05) is 0 Å². The minimum atomic E-state index is -0.0374. The SMILES string of the molecule is O=C(NC1CCC(c2ccccc2)CC1)c1cc(-c2ccco2)nc2ccccc12. The first-order valence-electron chi connectivity index (χ1n) is 10.6. The monoisotopic (exact) mass is 396 g/mol. The van der Waals surface area contributed by atoms with E-state index in [0.29, 0.717) is 22.9 Å². The highest BCUT2D eigenvalue weighted by Crippen LogP contribution is 2.33.